The lowest BCUT2D eigenvalue weighted by molar-refractivity contribution is -0.139. The van der Waals surface area contributed by atoms with Gasteiger partial charge in [0.15, 0.2) is 5.78 Å². The minimum atomic E-state index is -1.07. The zero-order valence-corrected chi connectivity index (χ0v) is 9.80. The highest BCUT2D eigenvalue weighted by atomic mass is 16.4. The topological polar surface area (TPSA) is 70.5 Å². The number of hydrogen-bond acceptors (Lipinski definition) is 4. The molecule has 0 saturated carbocycles. The van der Waals surface area contributed by atoms with Gasteiger partial charge in [0.1, 0.15) is 11.7 Å². The van der Waals surface area contributed by atoms with Crippen LogP contribution in [0.15, 0.2) is 12.1 Å². The number of carbonyl (C=O) groups is 2. The van der Waals surface area contributed by atoms with Crippen molar-refractivity contribution in [2.45, 2.75) is 13.8 Å². The summed E-state index contributed by atoms with van der Waals surface area (Å²) in [7, 11) is 0. The molecule has 1 aromatic rings. The fourth-order valence-corrected chi connectivity index (χ4v) is 2.02. The molecular formula is C12H14N2O3. The highest BCUT2D eigenvalue weighted by Crippen LogP contribution is 2.28. The summed E-state index contributed by atoms with van der Waals surface area (Å²) in [6.07, 6.45) is 0. The summed E-state index contributed by atoms with van der Waals surface area (Å²) in [5, 5.41) is 9.03. The third-order valence-electron chi connectivity index (χ3n) is 2.98. The predicted octanol–water partition coefficient (Wildman–Crippen LogP) is 1.11. The van der Waals surface area contributed by atoms with Gasteiger partial charge in [0.05, 0.1) is 5.56 Å². The number of carboxylic acids is 1. The number of aromatic nitrogens is 1. The van der Waals surface area contributed by atoms with Gasteiger partial charge >= 0.3 is 5.97 Å². The lowest BCUT2D eigenvalue weighted by Gasteiger charge is -2.31. The molecule has 1 N–H and O–H groups in total. The number of aryl methyl sites for hydroxylation is 1. The second-order valence-corrected chi connectivity index (χ2v) is 4.12. The van der Waals surface area contributed by atoms with Crippen molar-refractivity contribution in [2.75, 3.05) is 18.0 Å². The molecule has 0 saturated heterocycles. The number of nitrogens with zero attached hydrogens (tertiary/aromatic N) is 2. The first kappa shape index (κ1) is 11.6. The van der Waals surface area contributed by atoms with Gasteiger partial charge in [0.2, 0.25) is 0 Å². The van der Waals surface area contributed by atoms with Gasteiger partial charge in [-0.3, -0.25) is 9.59 Å². The SMILES string of the molecule is CCN1CC(C(=O)O)C(=O)c2ccc(C)nc21. The maximum Gasteiger partial charge on any atom is 0.316 e. The van der Waals surface area contributed by atoms with E-state index in [0.717, 1.165) is 5.69 Å². The normalized spacial score (nSPS) is 19.1. The Kier molecular flexibility index (Phi) is 2.83. The van der Waals surface area contributed by atoms with E-state index in [1.807, 2.05) is 18.7 Å². The van der Waals surface area contributed by atoms with Gasteiger partial charge in [-0.1, -0.05) is 0 Å². The van der Waals surface area contributed by atoms with Crippen LogP contribution in [0.1, 0.15) is 23.0 Å². The van der Waals surface area contributed by atoms with Gasteiger partial charge < -0.3 is 10.0 Å². The number of carbonyl (C=O) groups excluding carboxylic acids is 1. The smallest absolute Gasteiger partial charge is 0.316 e. The summed E-state index contributed by atoms with van der Waals surface area (Å²) in [5.74, 6) is -1.79. The van der Waals surface area contributed by atoms with E-state index < -0.39 is 11.9 Å². The molecule has 0 bridgehead atoms. The molecule has 1 unspecified atom stereocenters. The predicted molar refractivity (Wildman–Crippen MR) is 62.3 cm³/mol. The molecule has 0 spiro atoms. The first-order valence-corrected chi connectivity index (χ1v) is 5.54. The average Bonchev–Trinajstić information content (AvgIpc) is 2.29. The molecule has 90 valence electrons. The maximum atomic E-state index is 12.0. The fraction of sp³-hybridized carbons (Fsp3) is 0.417. The van der Waals surface area contributed by atoms with Crippen LogP contribution in [0.4, 0.5) is 5.82 Å². The molecule has 2 rings (SSSR count). The summed E-state index contributed by atoms with van der Waals surface area (Å²) in [4.78, 5) is 29.2. The van der Waals surface area contributed by atoms with Crippen LogP contribution in [0, 0.1) is 12.8 Å². The highest BCUT2D eigenvalue weighted by molar-refractivity contribution is 6.12. The molecule has 5 nitrogen and oxygen atoms in total. The zero-order chi connectivity index (χ0) is 12.6. The van der Waals surface area contributed by atoms with Gasteiger partial charge in [0, 0.05) is 18.8 Å². The summed E-state index contributed by atoms with van der Waals surface area (Å²) in [6, 6.07) is 3.40. The second-order valence-electron chi connectivity index (χ2n) is 4.12. The van der Waals surface area contributed by atoms with Crippen molar-refractivity contribution in [1.82, 2.24) is 4.98 Å². The largest absolute Gasteiger partial charge is 0.481 e. The Bertz CT molecular complexity index is 485. The van der Waals surface area contributed by atoms with E-state index in [1.54, 1.807) is 12.1 Å². The first-order chi connectivity index (χ1) is 8.04. The molecule has 0 aromatic carbocycles. The summed E-state index contributed by atoms with van der Waals surface area (Å²) in [5.41, 5.74) is 1.24. The molecule has 2 heterocycles. The summed E-state index contributed by atoms with van der Waals surface area (Å²) in [6.45, 7) is 4.61. The molecule has 0 fully saturated rings. The first-order valence-electron chi connectivity index (χ1n) is 5.54. The standard InChI is InChI=1S/C12H14N2O3/c1-3-14-6-9(12(16)17)10(15)8-5-4-7(2)13-11(8)14/h4-5,9H,3,6H2,1-2H3,(H,16,17). The third kappa shape index (κ3) is 1.88. The number of hydrogen-bond donors (Lipinski definition) is 1. The van der Waals surface area contributed by atoms with Crippen LogP contribution in [0.25, 0.3) is 0 Å². The molecule has 1 aliphatic rings. The Hall–Kier alpha value is -1.91. The minimum Gasteiger partial charge on any atom is -0.481 e. The quantitative estimate of drug-likeness (QED) is 0.776. The average molecular weight is 234 g/mol. The number of carboxylic acid groups (broad SMARTS) is 1. The van der Waals surface area contributed by atoms with Crippen molar-refractivity contribution >= 4 is 17.6 Å². The van der Waals surface area contributed by atoms with E-state index >= 15 is 0 Å². The van der Waals surface area contributed by atoms with Crippen molar-refractivity contribution in [1.29, 1.82) is 0 Å². The number of aliphatic carboxylic acids is 1. The second kappa shape index (κ2) is 4.16. The summed E-state index contributed by atoms with van der Waals surface area (Å²) < 4.78 is 0. The number of Topliss-reactive ketones (excluding diaryl/α,β-unsaturated/α-hetero) is 1. The molecule has 0 radical (unpaired) electrons. The van der Waals surface area contributed by atoms with Gasteiger partial charge in [-0.2, -0.15) is 0 Å². The Labute approximate surface area is 99.1 Å². The minimum absolute atomic E-state index is 0.203. The van der Waals surface area contributed by atoms with E-state index in [-0.39, 0.29) is 12.3 Å². The molecule has 0 aliphatic carbocycles. The van der Waals surface area contributed by atoms with E-state index in [0.29, 0.717) is 17.9 Å². The van der Waals surface area contributed by atoms with Gasteiger partial charge in [-0.15, -0.1) is 0 Å². The molecular weight excluding hydrogens is 220 g/mol. The van der Waals surface area contributed by atoms with Crippen LogP contribution < -0.4 is 4.90 Å². The monoisotopic (exact) mass is 234 g/mol. The van der Waals surface area contributed by atoms with Crippen molar-refractivity contribution in [2.24, 2.45) is 5.92 Å². The Morgan fingerprint density at radius 1 is 1.59 bits per heavy atom. The number of fused-ring (bicyclic) bond motifs is 1. The maximum absolute atomic E-state index is 12.0. The highest BCUT2D eigenvalue weighted by Gasteiger charge is 2.36. The van der Waals surface area contributed by atoms with Gasteiger partial charge in [0.25, 0.3) is 0 Å². The Morgan fingerprint density at radius 2 is 2.29 bits per heavy atom. The van der Waals surface area contributed by atoms with Crippen LogP contribution in [0.5, 0.6) is 0 Å². The van der Waals surface area contributed by atoms with Crippen LogP contribution in [0.2, 0.25) is 0 Å². The lowest BCUT2D eigenvalue weighted by atomic mass is 9.93. The van der Waals surface area contributed by atoms with Crippen molar-refractivity contribution in [3.63, 3.8) is 0 Å². The van der Waals surface area contributed by atoms with Crippen LogP contribution >= 0.6 is 0 Å². The number of ketones is 1. The Morgan fingerprint density at radius 3 is 2.88 bits per heavy atom. The molecule has 1 atom stereocenters. The van der Waals surface area contributed by atoms with Crippen molar-refractivity contribution in [3.8, 4) is 0 Å². The summed E-state index contributed by atoms with van der Waals surface area (Å²) >= 11 is 0. The van der Waals surface area contributed by atoms with E-state index in [4.69, 9.17) is 5.11 Å². The number of rotatable bonds is 2. The van der Waals surface area contributed by atoms with E-state index in [2.05, 4.69) is 4.98 Å². The van der Waals surface area contributed by atoms with Crippen LogP contribution in [-0.2, 0) is 4.79 Å². The number of pyridine rings is 1. The Balaban J connectivity index is 2.51. The fourth-order valence-electron chi connectivity index (χ4n) is 2.02. The van der Waals surface area contributed by atoms with Crippen molar-refractivity contribution < 1.29 is 14.7 Å². The zero-order valence-electron chi connectivity index (χ0n) is 9.80. The van der Waals surface area contributed by atoms with Crippen molar-refractivity contribution in [3.05, 3.63) is 23.4 Å². The van der Waals surface area contributed by atoms with Crippen LogP contribution in [0.3, 0.4) is 0 Å². The molecule has 0 amide bonds. The molecule has 17 heavy (non-hydrogen) atoms. The van der Waals surface area contributed by atoms with E-state index in [1.165, 1.54) is 0 Å². The molecule has 5 heteroatoms. The third-order valence-corrected chi connectivity index (χ3v) is 2.98. The van der Waals surface area contributed by atoms with Gasteiger partial charge in [-0.05, 0) is 26.0 Å². The lowest BCUT2D eigenvalue weighted by Crippen LogP contribution is -2.43. The molecule has 1 aromatic heterocycles. The van der Waals surface area contributed by atoms with Gasteiger partial charge in [-0.25, -0.2) is 4.98 Å². The molecule has 1 aliphatic heterocycles. The van der Waals surface area contributed by atoms with Crippen LogP contribution in [-0.4, -0.2) is 34.9 Å². The number of anilines is 1. The van der Waals surface area contributed by atoms with E-state index in [9.17, 15) is 9.59 Å².